The third-order valence-electron chi connectivity index (χ3n) is 2.72. The standard InChI is InChI=1S/C13H10F4N2O/c1-19-7-8(6-18-19)4-12(20)10-5-9(13(15,16)17)2-3-11(10)14/h2-3,5-7H,4H2,1H3. The molecule has 2 rings (SSSR count). The number of carbonyl (C=O) groups excluding carboxylic acids is 1. The lowest BCUT2D eigenvalue weighted by molar-refractivity contribution is -0.137. The fraction of sp³-hybridized carbons (Fsp3) is 0.231. The van der Waals surface area contributed by atoms with Crippen molar-refractivity contribution in [3.63, 3.8) is 0 Å². The SMILES string of the molecule is Cn1cc(CC(=O)c2cc(C(F)(F)F)ccc2F)cn1. The van der Waals surface area contributed by atoms with Crippen LogP contribution in [0.25, 0.3) is 0 Å². The summed E-state index contributed by atoms with van der Waals surface area (Å²) < 4.78 is 52.6. The highest BCUT2D eigenvalue weighted by molar-refractivity contribution is 5.97. The van der Waals surface area contributed by atoms with Gasteiger partial charge in [-0.15, -0.1) is 0 Å². The molecule has 0 N–H and O–H groups in total. The first-order chi connectivity index (χ1) is 9.27. The van der Waals surface area contributed by atoms with Crippen molar-refractivity contribution in [3.8, 4) is 0 Å². The molecule has 0 aliphatic carbocycles. The van der Waals surface area contributed by atoms with Crippen molar-refractivity contribution in [2.24, 2.45) is 7.05 Å². The maximum Gasteiger partial charge on any atom is 0.416 e. The molecule has 0 radical (unpaired) electrons. The predicted molar refractivity (Wildman–Crippen MR) is 62.6 cm³/mol. The second-order valence-corrected chi connectivity index (χ2v) is 4.31. The Morgan fingerprint density at radius 3 is 2.60 bits per heavy atom. The van der Waals surface area contributed by atoms with Gasteiger partial charge in [0.2, 0.25) is 0 Å². The Balaban J connectivity index is 2.29. The van der Waals surface area contributed by atoms with Crippen LogP contribution in [0.1, 0.15) is 21.5 Å². The predicted octanol–water partition coefficient (Wildman–Crippen LogP) is 3.00. The molecule has 1 heterocycles. The van der Waals surface area contributed by atoms with Gasteiger partial charge in [-0.25, -0.2) is 4.39 Å². The maximum absolute atomic E-state index is 13.5. The number of Topliss-reactive ketones (excluding diaryl/α,β-unsaturated/α-hetero) is 1. The van der Waals surface area contributed by atoms with Crippen molar-refractivity contribution in [2.75, 3.05) is 0 Å². The lowest BCUT2D eigenvalue weighted by atomic mass is 10.0. The first-order valence-corrected chi connectivity index (χ1v) is 5.65. The van der Waals surface area contributed by atoms with Crippen LogP contribution in [-0.2, 0) is 19.6 Å². The van der Waals surface area contributed by atoms with E-state index in [1.807, 2.05) is 0 Å². The van der Waals surface area contributed by atoms with Gasteiger partial charge in [0, 0.05) is 19.7 Å². The Labute approximate surface area is 111 Å². The lowest BCUT2D eigenvalue weighted by Gasteiger charge is -2.09. The third kappa shape index (κ3) is 3.04. The summed E-state index contributed by atoms with van der Waals surface area (Å²) in [6.07, 6.45) is -1.87. The molecule has 0 aliphatic rings. The fourth-order valence-corrected chi connectivity index (χ4v) is 1.76. The summed E-state index contributed by atoms with van der Waals surface area (Å²) in [7, 11) is 1.64. The number of aromatic nitrogens is 2. The number of hydrogen-bond acceptors (Lipinski definition) is 2. The zero-order valence-electron chi connectivity index (χ0n) is 10.4. The van der Waals surface area contributed by atoms with Crippen LogP contribution in [0.2, 0.25) is 0 Å². The highest BCUT2D eigenvalue weighted by atomic mass is 19.4. The average Bonchev–Trinajstić information content (AvgIpc) is 2.73. The van der Waals surface area contributed by atoms with Gasteiger partial charge in [-0.1, -0.05) is 0 Å². The van der Waals surface area contributed by atoms with E-state index >= 15 is 0 Å². The molecule has 0 aliphatic heterocycles. The minimum Gasteiger partial charge on any atom is -0.294 e. The number of benzene rings is 1. The van der Waals surface area contributed by atoms with Crippen molar-refractivity contribution in [2.45, 2.75) is 12.6 Å². The van der Waals surface area contributed by atoms with E-state index in [2.05, 4.69) is 5.10 Å². The smallest absolute Gasteiger partial charge is 0.294 e. The van der Waals surface area contributed by atoms with Crippen molar-refractivity contribution in [1.82, 2.24) is 9.78 Å². The molecule has 0 bridgehead atoms. The quantitative estimate of drug-likeness (QED) is 0.642. The van der Waals surface area contributed by atoms with Gasteiger partial charge in [-0.3, -0.25) is 9.48 Å². The summed E-state index contributed by atoms with van der Waals surface area (Å²) in [5, 5.41) is 3.83. The van der Waals surface area contributed by atoms with Crippen molar-refractivity contribution < 1.29 is 22.4 Å². The Hall–Kier alpha value is -2.18. The minimum atomic E-state index is -4.61. The van der Waals surface area contributed by atoms with E-state index < -0.39 is 28.9 Å². The summed E-state index contributed by atoms with van der Waals surface area (Å²) in [5.41, 5.74) is -1.11. The van der Waals surface area contributed by atoms with Crippen molar-refractivity contribution in [3.05, 3.63) is 53.1 Å². The molecule has 1 aromatic heterocycles. The monoisotopic (exact) mass is 286 g/mol. The average molecular weight is 286 g/mol. The third-order valence-corrected chi connectivity index (χ3v) is 2.72. The van der Waals surface area contributed by atoms with Crippen LogP contribution in [0.15, 0.2) is 30.6 Å². The number of alkyl halides is 3. The van der Waals surface area contributed by atoms with Gasteiger partial charge in [0.25, 0.3) is 0 Å². The van der Waals surface area contributed by atoms with Gasteiger partial charge >= 0.3 is 6.18 Å². The first kappa shape index (κ1) is 14.2. The van der Waals surface area contributed by atoms with Gasteiger partial charge in [0.05, 0.1) is 17.3 Å². The van der Waals surface area contributed by atoms with Crippen molar-refractivity contribution >= 4 is 5.78 Å². The number of ketones is 1. The Bertz CT molecular complexity index is 646. The van der Waals surface area contributed by atoms with E-state index in [1.54, 1.807) is 13.2 Å². The number of rotatable bonds is 3. The van der Waals surface area contributed by atoms with Crippen LogP contribution in [0, 0.1) is 5.82 Å². The zero-order valence-corrected chi connectivity index (χ0v) is 10.4. The van der Waals surface area contributed by atoms with Gasteiger partial charge in [0.15, 0.2) is 5.78 Å². The molecule has 0 atom stereocenters. The molecule has 2 aromatic rings. The molecule has 0 fully saturated rings. The molecular weight excluding hydrogens is 276 g/mol. The van der Waals surface area contributed by atoms with E-state index in [0.717, 1.165) is 0 Å². The van der Waals surface area contributed by atoms with Gasteiger partial charge in [-0.05, 0) is 23.8 Å². The summed E-state index contributed by atoms with van der Waals surface area (Å²) in [4.78, 5) is 11.9. The van der Waals surface area contributed by atoms with Crippen LogP contribution >= 0.6 is 0 Å². The zero-order chi connectivity index (χ0) is 14.9. The van der Waals surface area contributed by atoms with Crippen LogP contribution in [0.5, 0.6) is 0 Å². The topological polar surface area (TPSA) is 34.9 Å². The van der Waals surface area contributed by atoms with Crippen LogP contribution in [-0.4, -0.2) is 15.6 Å². The molecule has 0 spiro atoms. The number of hydrogen-bond donors (Lipinski definition) is 0. The highest BCUT2D eigenvalue weighted by Crippen LogP contribution is 2.30. The number of aryl methyl sites for hydroxylation is 1. The van der Waals surface area contributed by atoms with Gasteiger partial charge in [-0.2, -0.15) is 18.3 Å². The van der Waals surface area contributed by atoms with Gasteiger partial charge < -0.3 is 0 Å². The Morgan fingerprint density at radius 1 is 1.35 bits per heavy atom. The molecule has 1 aromatic carbocycles. The second kappa shape index (κ2) is 5.07. The lowest BCUT2D eigenvalue weighted by Crippen LogP contribution is -2.11. The number of halogens is 4. The number of carbonyl (C=O) groups is 1. The summed E-state index contributed by atoms with van der Waals surface area (Å²) in [6.45, 7) is 0. The molecule has 20 heavy (non-hydrogen) atoms. The second-order valence-electron chi connectivity index (χ2n) is 4.31. The van der Waals surface area contributed by atoms with Crippen molar-refractivity contribution in [1.29, 1.82) is 0 Å². The Kier molecular flexibility index (Phi) is 3.61. The van der Waals surface area contributed by atoms with Gasteiger partial charge in [0.1, 0.15) is 5.82 Å². The first-order valence-electron chi connectivity index (χ1n) is 5.65. The van der Waals surface area contributed by atoms with Crippen LogP contribution in [0.4, 0.5) is 17.6 Å². The largest absolute Gasteiger partial charge is 0.416 e. The molecule has 3 nitrogen and oxygen atoms in total. The van der Waals surface area contributed by atoms with E-state index in [1.165, 1.54) is 10.9 Å². The van der Waals surface area contributed by atoms with E-state index in [4.69, 9.17) is 0 Å². The summed E-state index contributed by atoms with van der Waals surface area (Å²) in [5.74, 6) is -1.69. The van der Waals surface area contributed by atoms with Crippen LogP contribution < -0.4 is 0 Å². The fourth-order valence-electron chi connectivity index (χ4n) is 1.76. The normalized spacial score (nSPS) is 11.7. The molecule has 0 saturated carbocycles. The van der Waals surface area contributed by atoms with E-state index in [0.29, 0.717) is 23.8 Å². The summed E-state index contributed by atoms with van der Waals surface area (Å²) in [6, 6.07) is 1.80. The summed E-state index contributed by atoms with van der Waals surface area (Å²) >= 11 is 0. The number of nitrogens with zero attached hydrogens (tertiary/aromatic N) is 2. The molecule has 0 unspecified atom stereocenters. The van der Waals surface area contributed by atoms with E-state index in [-0.39, 0.29) is 6.42 Å². The highest BCUT2D eigenvalue weighted by Gasteiger charge is 2.31. The minimum absolute atomic E-state index is 0.202. The van der Waals surface area contributed by atoms with E-state index in [9.17, 15) is 22.4 Å². The maximum atomic E-state index is 13.5. The molecule has 0 amide bonds. The molecule has 0 saturated heterocycles. The molecule has 106 valence electrons. The Morgan fingerprint density at radius 2 is 2.05 bits per heavy atom. The molecular formula is C13H10F4N2O. The molecule has 7 heteroatoms. The van der Waals surface area contributed by atoms with Crippen LogP contribution in [0.3, 0.4) is 0 Å².